The zero-order valence-corrected chi connectivity index (χ0v) is 16.8. The normalized spacial score (nSPS) is 11.0. The van der Waals surface area contributed by atoms with E-state index < -0.39 is 5.76 Å². The van der Waals surface area contributed by atoms with Gasteiger partial charge in [-0.2, -0.15) is 8.78 Å². The minimum absolute atomic E-state index is 0.00523. The van der Waals surface area contributed by atoms with Gasteiger partial charge in [-0.15, -0.1) is 10.2 Å². The third kappa shape index (κ3) is 5.53. The molecule has 0 atom stereocenters. The molecule has 1 aromatic heterocycles. The summed E-state index contributed by atoms with van der Waals surface area (Å²) in [6.45, 7) is 0. The Labute approximate surface area is 170 Å². The lowest BCUT2D eigenvalue weighted by atomic mass is 10.2. The molecule has 0 radical (unpaired) electrons. The van der Waals surface area contributed by atoms with Crippen molar-refractivity contribution in [3.63, 3.8) is 0 Å². The van der Waals surface area contributed by atoms with E-state index in [0.29, 0.717) is 28.2 Å². The van der Waals surface area contributed by atoms with Crippen LogP contribution in [0, 0.1) is 0 Å². The van der Waals surface area contributed by atoms with Gasteiger partial charge >= 0.3 is 0 Å². The number of benzene rings is 2. The highest BCUT2D eigenvalue weighted by Gasteiger charge is 2.15. The van der Waals surface area contributed by atoms with Crippen LogP contribution in [0.1, 0.15) is 0 Å². The highest BCUT2D eigenvalue weighted by atomic mass is 79.9. The van der Waals surface area contributed by atoms with Crippen molar-refractivity contribution in [1.29, 1.82) is 0 Å². The monoisotopic (exact) mass is 471 g/mol. The number of aromatic nitrogens is 2. The second-order valence-corrected chi connectivity index (χ2v) is 7.88. The largest absolute Gasteiger partial charge is 0.411 e. The van der Waals surface area contributed by atoms with Gasteiger partial charge in [0.2, 0.25) is 11.8 Å². The Morgan fingerprint density at radius 1 is 1.15 bits per heavy atom. The quantitative estimate of drug-likeness (QED) is 0.456. The fourth-order valence-electron chi connectivity index (χ4n) is 2.09. The Morgan fingerprint density at radius 2 is 1.89 bits per heavy atom. The summed E-state index contributed by atoms with van der Waals surface area (Å²) in [5.74, 6) is -2.58. The number of alkyl halides is 2. The first kappa shape index (κ1) is 19.8. The van der Waals surface area contributed by atoms with Gasteiger partial charge in [0, 0.05) is 9.37 Å². The average molecular weight is 472 g/mol. The van der Waals surface area contributed by atoms with Crippen molar-refractivity contribution in [3.8, 4) is 11.5 Å². The first-order chi connectivity index (χ1) is 13.0. The standard InChI is InChI=1S/C17H12BrF2N3O2S2/c18-11-6-2-1-5-10(11)15-22-23-17(25-15)26-9-14(24)21-12-7-3-4-8-13(12)27-16(19)20/h1-8,16H,9H2,(H,21,24). The highest BCUT2D eigenvalue weighted by Crippen LogP contribution is 2.32. The predicted octanol–water partition coefficient (Wildman–Crippen LogP) is 5.54. The molecule has 0 saturated heterocycles. The number of nitrogens with one attached hydrogen (secondary N) is 1. The predicted molar refractivity (Wildman–Crippen MR) is 105 cm³/mol. The van der Waals surface area contributed by atoms with Crippen molar-refractivity contribution in [2.24, 2.45) is 0 Å². The Balaban J connectivity index is 1.60. The fraction of sp³-hybridized carbons (Fsp3) is 0.118. The van der Waals surface area contributed by atoms with E-state index in [0.717, 1.165) is 21.8 Å². The van der Waals surface area contributed by atoms with Gasteiger partial charge in [0.05, 0.1) is 17.0 Å². The number of para-hydroxylation sites is 1. The van der Waals surface area contributed by atoms with Gasteiger partial charge in [-0.1, -0.05) is 47.8 Å². The van der Waals surface area contributed by atoms with Gasteiger partial charge in [0.1, 0.15) is 0 Å². The van der Waals surface area contributed by atoms with E-state index in [4.69, 9.17) is 4.42 Å². The molecule has 1 heterocycles. The van der Waals surface area contributed by atoms with Crippen LogP contribution in [0.4, 0.5) is 14.5 Å². The zero-order valence-electron chi connectivity index (χ0n) is 13.6. The minimum atomic E-state index is -2.56. The highest BCUT2D eigenvalue weighted by molar-refractivity contribution is 9.10. The smallest absolute Gasteiger partial charge is 0.288 e. The molecule has 0 saturated carbocycles. The number of anilines is 1. The summed E-state index contributed by atoms with van der Waals surface area (Å²) in [5, 5.41) is 10.7. The van der Waals surface area contributed by atoms with Gasteiger partial charge in [-0.05, 0) is 40.2 Å². The van der Waals surface area contributed by atoms with Crippen molar-refractivity contribution in [2.75, 3.05) is 11.1 Å². The summed E-state index contributed by atoms with van der Waals surface area (Å²) in [7, 11) is 0. The molecular formula is C17H12BrF2N3O2S2. The van der Waals surface area contributed by atoms with Gasteiger partial charge in [0.25, 0.3) is 11.0 Å². The lowest BCUT2D eigenvalue weighted by Crippen LogP contribution is -2.14. The molecule has 27 heavy (non-hydrogen) atoms. The van der Waals surface area contributed by atoms with Crippen molar-refractivity contribution in [1.82, 2.24) is 10.2 Å². The van der Waals surface area contributed by atoms with Crippen molar-refractivity contribution >= 4 is 51.0 Å². The number of amides is 1. The average Bonchev–Trinajstić information content (AvgIpc) is 3.10. The van der Waals surface area contributed by atoms with E-state index in [-0.39, 0.29) is 16.9 Å². The number of hydrogen-bond donors (Lipinski definition) is 1. The van der Waals surface area contributed by atoms with Crippen LogP contribution >= 0.6 is 39.5 Å². The van der Waals surface area contributed by atoms with E-state index in [1.165, 1.54) is 6.07 Å². The first-order valence-corrected chi connectivity index (χ1v) is 10.2. The maximum atomic E-state index is 12.6. The van der Waals surface area contributed by atoms with Gasteiger partial charge in [-0.25, -0.2) is 0 Å². The van der Waals surface area contributed by atoms with Gasteiger partial charge in [0.15, 0.2) is 0 Å². The van der Waals surface area contributed by atoms with Crippen LogP contribution in [-0.2, 0) is 4.79 Å². The number of thioether (sulfide) groups is 2. The number of carbonyl (C=O) groups is 1. The van der Waals surface area contributed by atoms with Crippen molar-refractivity contribution in [2.45, 2.75) is 15.9 Å². The molecule has 0 aliphatic carbocycles. The molecule has 3 aromatic rings. The summed E-state index contributed by atoms with van der Waals surface area (Å²) in [6, 6.07) is 13.8. The molecule has 1 amide bonds. The molecule has 0 aliphatic rings. The number of nitrogens with zero attached hydrogens (tertiary/aromatic N) is 2. The molecule has 3 rings (SSSR count). The van der Waals surface area contributed by atoms with E-state index >= 15 is 0 Å². The van der Waals surface area contributed by atoms with Gasteiger partial charge < -0.3 is 9.73 Å². The molecule has 0 fully saturated rings. The topological polar surface area (TPSA) is 68.0 Å². The van der Waals surface area contributed by atoms with Crippen LogP contribution in [-0.4, -0.2) is 27.6 Å². The summed E-state index contributed by atoms with van der Waals surface area (Å²) >= 11 is 4.86. The first-order valence-electron chi connectivity index (χ1n) is 7.58. The lowest BCUT2D eigenvalue weighted by molar-refractivity contribution is -0.113. The van der Waals surface area contributed by atoms with Crippen LogP contribution in [0.5, 0.6) is 0 Å². The molecule has 1 N–H and O–H groups in total. The van der Waals surface area contributed by atoms with E-state index in [1.54, 1.807) is 18.2 Å². The third-order valence-electron chi connectivity index (χ3n) is 3.21. The number of hydrogen-bond acceptors (Lipinski definition) is 6. The third-order valence-corrected chi connectivity index (χ3v) is 5.51. The van der Waals surface area contributed by atoms with Gasteiger partial charge in [-0.3, -0.25) is 4.79 Å². The number of halogens is 3. The molecule has 0 spiro atoms. The molecule has 10 heteroatoms. The second kappa shape index (κ2) is 9.34. The van der Waals surface area contributed by atoms with Crippen LogP contribution in [0.15, 0.2) is 67.5 Å². The summed E-state index contributed by atoms with van der Waals surface area (Å²) in [4.78, 5) is 12.4. The second-order valence-electron chi connectivity index (χ2n) is 5.06. The van der Waals surface area contributed by atoms with Crippen molar-refractivity contribution < 1.29 is 18.0 Å². The maximum absolute atomic E-state index is 12.6. The molecule has 5 nitrogen and oxygen atoms in total. The van der Waals surface area contributed by atoms with E-state index in [1.807, 2.05) is 24.3 Å². The minimum Gasteiger partial charge on any atom is -0.411 e. The molecular weight excluding hydrogens is 460 g/mol. The molecule has 140 valence electrons. The Bertz CT molecular complexity index is 940. The Morgan fingerprint density at radius 3 is 2.67 bits per heavy atom. The van der Waals surface area contributed by atoms with Crippen LogP contribution in [0.25, 0.3) is 11.5 Å². The Hall–Kier alpha value is -1.91. The number of rotatable bonds is 7. The fourth-order valence-corrected chi connectivity index (χ4v) is 3.71. The summed E-state index contributed by atoms with van der Waals surface area (Å²) in [5.41, 5.74) is 1.09. The number of carbonyl (C=O) groups excluding carboxylic acids is 1. The van der Waals surface area contributed by atoms with E-state index in [2.05, 4.69) is 31.4 Å². The molecule has 2 aromatic carbocycles. The lowest BCUT2D eigenvalue weighted by Gasteiger charge is -2.09. The van der Waals surface area contributed by atoms with Crippen LogP contribution in [0.2, 0.25) is 0 Å². The van der Waals surface area contributed by atoms with Crippen LogP contribution in [0.3, 0.4) is 0 Å². The molecule has 0 aliphatic heterocycles. The van der Waals surface area contributed by atoms with Crippen molar-refractivity contribution in [3.05, 3.63) is 53.0 Å². The summed E-state index contributed by atoms with van der Waals surface area (Å²) in [6.07, 6.45) is 0. The summed E-state index contributed by atoms with van der Waals surface area (Å²) < 4.78 is 31.6. The molecule has 0 bridgehead atoms. The Kier molecular flexibility index (Phi) is 6.86. The zero-order chi connectivity index (χ0) is 19.2. The maximum Gasteiger partial charge on any atom is 0.288 e. The van der Waals surface area contributed by atoms with E-state index in [9.17, 15) is 13.6 Å². The molecule has 0 unspecified atom stereocenters. The SMILES string of the molecule is O=C(CSc1nnc(-c2ccccc2Br)o1)Nc1ccccc1SC(F)F. The van der Waals surface area contributed by atoms with Crippen LogP contribution < -0.4 is 5.32 Å².